The van der Waals surface area contributed by atoms with Crippen molar-refractivity contribution in [2.24, 2.45) is 0 Å². The molecule has 120 valence electrons. The third-order valence-corrected chi connectivity index (χ3v) is 2.63. The quantitative estimate of drug-likeness (QED) is 0.330. The van der Waals surface area contributed by atoms with Gasteiger partial charge in [0.05, 0.1) is 26.4 Å². The molecule has 0 spiro atoms. The zero-order valence-electron chi connectivity index (χ0n) is 14.7. The van der Waals surface area contributed by atoms with Crippen LogP contribution < -0.4 is 0 Å². The minimum atomic E-state index is 0. The van der Waals surface area contributed by atoms with Crippen LogP contribution in [-0.2, 0) is 14.2 Å². The molecule has 0 aromatic rings. The van der Waals surface area contributed by atoms with Crippen LogP contribution in [0.3, 0.4) is 0 Å². The van der Waals surface area contributed by atoms with Crippen molar-refractivity contribution in [1.82, 2.24) is 0 Å². The molecule has 0 unspecified atom stereocenters. The third-order valence-electron chi connectivity index (χ3n) is 2.63. The van der Waals surface area contributed by atoms with Crippen LogP contribution in [0.25, 0.3) is 0 Å². The Hall–Kier alpha value is 1.06. The van der Waals surface area contributed by atoms with Crippen molar-refractivity contribution in [3.05, 3.63) is 0 Å². The summed E-state index contributed by atoms with van der Waals surface area (Å²) < 4.78 is 15.9. The first kappa shape index (κ1) is 23.3. The summed E-state index contributed by atoms with van der Waals surface area (Å²) in [7, 11) is 0. The van der Waals surface area contributed by atoms with E-state index in [9.17, 15) is 0 Å². The Labute approximate surface area is 155 Å². The van der Waals surface area contributed by atoms with Crippen LogP contribution in [0.5, 0.6) is 0 Å². The van der Waals surface area contributed by atoms with Crippen molar-refractivity contribution in [2.75, 3.05) is 52.9 Å². The van der Waals surface area contributed by atoms with Gasteiger partial charge < -0.3 is 27.3 Å². The molecular weight excluding hydrogens is 288 g/mol. The van der Waals surface area contributed by atoms with Crippen LogP contribution in [-0.4, -0.2) is 101 Å². The fraction of sp³-hybridized carbons (Fsp3) is 1.00. The molecule has 0 rings (SSSR count). The molecule has 2 N–H and O–H groups in total. The predicted molar refractivity (Wildman–Crippen MR) is 82.3 cm³/mol. The Morgan fingerprint density at radius 3 is 1.10 bits per heavy atom. The topological polar surface area (TPSA) is 68.2 Å². The van der Waals surface area contributed by atoms with Crippen LogP contribution in [0.2, 0.25) is 0 Å². The summed E-state index contributed by atoms with van der Waals surface area (Å²) in [5.74, 6) is 0. The zero-order chi connectivity index (χ0) is 14.0. The van der Waals surface area contributed by atoms with Crippen molar-refractivity contribution in [1.29, 1.82) is 0 Å². The summed E-state index contributed by atoms with van der Waals surface area (Å²) in [6.45, 7) is 4.20. The smallest absolute Gasteiger partial charge is 1.00 e. The monoisotopic (exact) mass is 320 g/mol. The average Bonchev–Trinajstić information content (AvgIpc) is 2.43. The first-order chi connectivity index (χ1) is 9.41. The van der Waals surface area contributed by atoms with E-state index in [2.05, 4.69) is 0 Å². The first-order valence-electron chi connectivity index (χ1n) is 7.36. The summed E-state index contributed by atoms with van der Waals surface area (Å²) >= 11 is 0. The summed E-state index contributed by atoms with van der Waals surface area (Å²) in [4.78, 5) is 0. The number of hydrogen-bond donors (Lipinski definition) is 2. The average molecular weight is 320 g/mol. The molecule has 0 aromatic carbocycles. The molecule has 6 heteroatoms. The molecule has 0 aliphatic rings. The molecule has 0 radical (unpaired) electrons. The number of aliphatic hydroxyl groups is 2. The van der Waals surface area contributed by atoms with Crippen molar-refractivity contribution >= 4 is 37.7 Å². The molecule has 0 saturated heterocycles. The molecule has 0 saturated carbocycles. The minimum Gasteiger partial charge on any atom is -1.00 e. The Morgan fingerprint density at radius 2 is 0.800 bits per heavy atom. The summed E-state index contributed by atoms with van der Waals surface area (Å²) in [5, 5.41) is 17.0. The van der Waals surface area contributed by atoms with Crippen molar-refractivity contribution in [3.63, 3.8) is 0 Å². The largest absolute Gasteiger partial charge is 2.00 e. The minimum absolute atomic E-state index is 0. The van der Waals surface area contributed by atoms with E-state index in [1.807, 2.05) is 0 Å². The maximum atomic E-state index is 8.51. The Bertz CT molecular complexity index is 154. The Morgan fingerprint density at radius 1 is 0.500 bits per heavy atom. The van der Waals surface area contributed by atoms with E-state index in [4.69, 9.17) is 24.4 Å². The fourth-order valence-electron chi connectivity index (χ4n) is 1.61. The molecule has 0 aliphatic heterocycles. The van der Waals surface area contributed by atoms with Crippen LogP contribution in [0, 0.1) is 0 Å². The van der Waals surface area contributed by atoms with Gasteiger partial charge in [0.1, 0.15) is 0 Å². The van der Waals surface area contributed by atoms with E-state index in [1.165, 1.54) is 0 Å². The van der Waals surface area contributed by atoms with E-state index < -0.39 is 0 Å². The summed E-state index contributed by atoms with van der Waals surface area (Å²) in [6, 6.07) is 0. The van der Waals surface area contributed by atoms with Gasteiger partial charge in [0.15, 0.2) is 0 Å². The van der Waals surface area contributed by atoms with Gasteiger partial charge >= 0.3 is 37.7 Å². The van der Waals surface area contributed by atoms with Crippen LogP contribution in [0.4, 0.5) is 0 Å². The van der Waals surface area contributed by atoms with Crippen molar-refractivity contribution in [2.45, 2.75) is 38.5 Å². The zero-order valence-corrected chi connectivity index (χ0v) is 14.9. The van der Waals surface area contributed by atoms with E-state index in [1.54, 1.807) is 0 Å². The molecule has 0 bridgehead atoms. The van der Waals surface area contributed by atoms with Crippen LogP contribution in [0.1, 0.15) is 41.4 Å². The summed E-state index contributed by atoms with van der Waals surface area (Å²) in [6.07, 6.45) is 6.43. The number of aliphatic hydroxyl groups excluding tert-OH is 2. The third kappa shape index (κ3) is 21.4. The van der Waals surface area contributed by atoms with Crippen LogP contribution in [0.15, 0.2) is 0 Å². The normalized spacial score (nSPS) is 10.5. The van der Waals surface area contributed by atoms with Gasteiger partial charge in [-0.05, 0) is 38.5 Å². The molecular formula is C14H32CaO5. The van der Waals surface area contributed by atoms with Gasteiger partial charge in [-0.2, -0.15) is 0 Å². The number of ether oxygens (including phenoxy) is 3. The van der Waals surface area contributed by atoms with Gasteiger partial charge in [0.25, 0.3) is 0 Å². The SMILES string of the molecule is OCCOCCCCCOCCCCCOCCO.[Ca+2].[H-].[H-]. The predicted octanol–water partition coefficient (Wildman–Crippen LogP) is 1.21. The molecule has 0 atom stereocenters. The Kier molecular flexibility index (Phi) is 26.1. The van der Waals surface area contributed by atoms with Crippen LogP contribution >= 0.6 is 0 Å². The Balaban J connectivity index is -0.000000540. The van der Waals surface area contributed by atoms with Gasteiger partial charge in [0.2, 0.25) is 0 Å². The van der Waals surface area contributed by atoms with Gasteiger partial charge in [0, 0.05) is 26.4 Å². The molecule has 0 aliphatic carbocycles. The first-order valence-corrected chi connectivity index (χ1v) is 7.36. The van der Waals surface area contributed by atoms with E-state index in [0.717, 1.165) is 65.0 Å². The van der Waals surface area contributed by atoms with Crippen molar-refractivity contribution < 1.29 is 27.3 Å². The van der Waals surface area contributed by atoms with Gasteiger partial charge in [-0.1, -0.05) is 0 Å². The fourth-order valence-corrected chi connectivity index (χ4v) is 1.61. The molecule has 0 fully saturated rings. The molecule has 0 aromatic heterocycles. The summed E-state index contributed by atoms with van der Waals surface area (Å²) in [5.41, 5.74) is 0. The maximum Gasteiger partial charge on any atom is 2.00 e. The molecule has 0 amide bonds. The second-order valence-corrected chi connectivity index (χ2v) is 4.41. The second kappa shape index (κ2) is 22.3. The number of hydrogen-bond acceptors (Lipinski definition) is 5. The maximum absolute atomic E-state index is 8.51. The molecule has 20 heavy (non-hydrogen) atoms. The number of rotatable bonds is 16. The van der Waals surface area contributed by atoms with Gasteiger partial charge in [-0.25, -0.2) is 0 Å². The van der Waals surface area contributed by atoms with Gasteiger partial charge in [-0.15, -0.1) is 0 Å². The van der Waals surface area contributed by atoms with E-state index in [-0.39, 0.29) is 53.8 Å². The second-order valence-electron chi connectivity index (χ2n) is 4.41. The molecule has 0 heterocycles. The van der Waals surface area contributed by atoms with Gasteiger partial charge in [-0.3, -0.25) is 0 Å². The molecule has 5 nitrogen and oxygen atoms in total. The number of unbranched alkanes of at least 4 members (excludes halogenated alkanes) is 4. The van der Waals surface area contributed by atoms with Crippen molar-refractivity contribution in [3.8, 4) is 0 Å². The van der Waals surface area contributed by atoms with E-state index >= 15 is 0 Å². The van der Waals surface area contributed by atoms with E-state index in [0.29, 0.717) is 13.2 Å². The standard InChI is InChI=1S/C14H30O5.Ca.2H/c15-7-13-18-11-5-1-3-9-17-10-4-2-6-12-19-14-8-16;;;/h15-16H,1-14H2;;;/q;+2;2*-1.